The third kappa shape index (κ3) is 2.59. The van der Waals surface area contributed by atoms with Crippen molar-refractivity contribution in [3.63, 3.8) is 0 Å². The third-order valence-electron chi connectivity index (χ3n) is 6.94. The van der Waals surface area contributed by atoms with E-state index in [9.17, 15) is 4.79 Å². The summed E-state index contributed by atoms with van der Waals surface area (Å²) in [7, 11) is 0. The number of aromatic nitrogens is 1. The van der Waals surface area contributed by atoms with Crippen LogP contribution in [0.1, 0.15) is 35.6 Å². The van der Waals surface area contributed by atoms with Gasteiger partial charge >= 0.3 is 0 Å². The number of carbonyl (C=O) groups is 1. The molecule has 4 heteroatoms. The van der Waals surface area contributed by atoms with E-state index in [4.69, 9.17) is 10.1 Å². The number of anilines is 1. The van der Waals surface area contributed by atoms with Gasteiger partial charge in [0.2, 0.25) is 0 Å². The molecule has 3 aromatic carbocycles. The quantitative estimate of drug-likeness (QED) is 0.421. The molecule has 32 heavy (non-hydrogen) atoms. The summed E-state index contributed by atoms with van der Waals surface area (Å²) in [5.74, 6) is 0.00700. The fourth-order valence-corrected chi connectivity index (χ4v) is 5.43. The Balaban J connectivity index is 1.51. The maximum atomic E-state index is 14.0. The molecule has 4 aromatic rings. The lowest BCUT2D eigenvalue weighted by Gasteiger charge is -2.15. The highest BCUT2D eigenvalue weighted by Crippen LogP contribution is 2.73. The molecule has 1 spiro atoms. The monoisotopic (exact) mass is 417 g/mol. The molecule has 0 N–H and O–H groups in total. The van der Waals surface area contributed by atoms with Crippen molar-refractivity contribution in [2.24, 2.45) is 10.5 Å². The van der Waals surface area contributed by atoms with Crippen LogP contribution in [0.15, 0.2) is 96.1 Å². The normalized spacial score (nSPS) is 24.2. The van der Waals surface area contributed by atoms with Gasteiger partial charge in [0.15, 0.2) is 0 Å². The summed E-state index contributed by atoms with van der Waals surface area (Å²) in [5, 5.41) is 7.45. The van der Waals surface area contributed by atoms with Crippen molar-refractivity contribution in [2.75, 3.05) is 5.01 Å². The molecule has 1 saturated carbocycles. The number of amides is 1. The minimum atomic E-state index is -0.695. The minimum absolute atomic E-state index is 0.0148. The first kappa shape index (κ1) is 18.9. The van der Waals surface area contributed by atoms with Crippen molar-refractivity contribution in [3.8, 4) is 0 Å². The van der Waals surface area contributed by atoms with Crippen molar-refractivity contribution in [3.05, 3.63) is 108 Å². The number of hydrogen-bond donors (Lipinski definition) is 0. The van der Waals surface area contributed by atoms with Crippen molar-refractivity contribution < 1.29 is 4.79 Å². The summed E-state index contributed by atoms with van der Waals surface area (Å²) < 4.78 is 0. The third-order valence-corrected chi connectivity index (χ3v) is 6.94. The number of carbonyl (C=O) groups excluding carboxylic acids is 1. The fraction of sp³-hybridized carbons (Fsp3) is 0.179. The van der Waals surface area contributed by atoms with Gasteiger partial charge in [0.05, 0.1) is 16.9 Å². The highest BCUT2D eigenvalue weighted by Gasteiger charge is 2.75. The topological polar surface area (TPSA) is 45.6 Å². The second kappa shape index (κ2) is 6.86. The van der Waals surface area contributed by atoms with Crippen molar-refractivity contribution in [1.29, 1.82) is 0 Å². The zero-order valence-corrected chi connectivity index (χ0v) is 18.1. The van der Waals surface area contributed by atoms with Crippen LogP contribution in [0.5, 0.6) is 0 Å². The molecule has 0 unspecified atom stereocenters. The highest BCUT2D eigenvalue weighted by molar-refractivity contribution is 6.23. The second-order valence-corrected chi connectivity index (χ2v) is 8.81. The Morgan fingerprint density at radius 1 is 0.812 bits per heavy atom. The van der Waals surface area contributed by atoms with Gasteiger partial charge < -0.3 is 0 Å². The van der Waals surface area contributed by atoms with E-state index in [0.717, 1.165) is 28.0 Å². The molecule has 0 saturated heterocycles. The van der Waals surface area contributed by atoms with Gasteiger partial charge in [-0.15, -0.1) is 0 Å². The van der Waals surface area contributed by atoms with Crippen molar-refractivity contribution in [1.82, 2.24) is 4.98 Å². The lowest BCUT2D eigenvalue weighted by Crippen LogP contribution is -2.30. The smallest absolute Gasteiger partial charge is 0.260 e. The molecule has 1 aliphatic carbocycles. The van der Waals surface area contributed by atoms with Gasteiger partial charge in [0, 0.05) is 22.9 Å². The van der Waals surface area contributed by atoms with Crippen LogP contribution in [-0.4, -0.2) is 16.6 Å². The standard InChI is InChI=1S/C28H23N3O/c1-18-9-8-11-21(17-18)25-26(24-16-15-20-10-6-7-14-23(20)29-24)28(25)19(2)30-31(27(28)32)22-12-4-3-5-13-22/h3-17,25-26H,1-2H3/t25-,26+,28+/m0/s1. The highest BCUT2D eigenvalue weighted by atomic mass is 16.2. The molecule has 156 valence electrons. The Hall–Kier alpha value is -3.79. The van der Waals surface area contributed by atoms with Gasteiger partial charge in [0.25, 0.3) is 5.91 Å². The number of fused-ring (bicyclic) bond motifs is 1. The van der Waals surface area contributed by atoms with Crippen LogP contribution in [0.25, 0.3) is 10.9 Å². The van der Waals surface area contributed by atoms with Crippen LogP contribution in [0.4, 0.5) is 5.69 Å². The maximum Gasteiger partial charge on any atom is 0.260 e. The van der Waals surface area contributed by atoms with Gasteiger partial charge in [0.1, 0.15) is 5.41 Å². The average molecular weight is 418 g/mol. The zero-order valence-electron chi connectivity index (χ0n) is 18.1. The van der Waals surface area contributed by atoms with E-state index in [1.54, 1.807) is 5.01 Å². The number of nitrogens with zero attached hydrogens (tertiary/aromatic N) is 3. The van der Waals surface area contributed by atoms with Crippen molar-refractivity contribution >= 4 is 28.2 Å². The maximum absolute atomic E-state index is 14.0. The average Bonchev–Trinajstić information content (AvgIpc) is 3.47. The largest absolute Gasteiger partial charge is 0.271 e. The molecule has 6 rings (SSSR count). The van der Waals surface area contributed by atoms with E-state index >= 15 is 0 Å². The van der Waals surface area contributed by atoms with Crippen LogP contribution >= 0.6 is 0 Å². The molecule has 2 aliphatic rings. The van der Waals surface area contributed by atoms with E-state index in [0.29, 0.717) is 0 Å². The molecule has 2 heterocycles. The first-order chi connectivity index (χ1) is 15.6. The zero-order chi connectivity index (χ0) is 21.9. The lowest BCUT2D eigenvalue weighted by molar-refractivity contribution is -0.121. The molecule has 0 radical (unpaired) electrons. The molecule has 1 amide bonds. The van der Waals surface area contributed by atoms with E-state index < -0.39 is 5.41 Å². The number of benzene rings is 3. The number of pyridine rings is 1. The van der Waals surface area contributed by atoms with Gasteiger partial charge in [-0.3, -0.25) is 9.78 Å². The fourth-order valence-electron chi connectivity index (χ4n) is 5.43. The summed E-state index contributed by atoms with van der Waals surface area (Å²) in [5.41, 5.74) is 5.23. The Morgan fingerprint density at radius 3 is 2.41 bits per heavy atom. The number of hydrogen-bond acceptors (Lipinski definition) is 3. The SMILES string of the molecule is CC1=NN(c2ccccc2)C(=O)[C@]12[C@H](c1ccc3ccccc3n1)[C@@H]2c1cccc(C)c1. The molecule has 4 nitrogen and oxygen atoms in total. The molecule has 3 atom stereocenters. The van der Waals surface area contributed by atoms with Gasteiger partial charge in [-0.1, -0.05) is 72.3 Å². The molecule has 1 aliphatic heterocycles. The van der Waals surface area contributed by atoms with Gasteiger partial charge in [-0.05, 0) is 43.7 Å². The lowest BCUT2D eigenvalue weighted by atomic mass is 9.92. The minimum Gasteiger partial charge on any atom is -0.271 e. The first-order valence-electron chi connectivity index (χ1n) is 11.0. The Morgan fingerprint density at radius 2 is 1.59 bits per heavy atom. The Labute approximate surface area is 187 Å². The number of rotatable bonds is 3. The van der Waals surface area contributed by atoms with Gasteiger partial charge in [-0.2, -0.15) is 10.1 Å². The van der Waals surface area contributed by atoms with E-state index in [1.807, 2.05) is 55.5 Å². The Kier molecular flexibility index (Phi) is 4.06. The summed E-state index contributed by atoms with van der Waals surface area (Å²) >= 11 is 0. The van der Waals surface area contributed by atoms with Crippen LogP contribution in [0.3, 0.4) is 0 Å². The second-order valence-electron chi connectivity index (χ2n) is 8.81. The molecule has 0 bridgehead atoms. The molecular weight excluding hydrogens is 394 g/mol. The first-order valence-corrected chi connectivity index (χ1v) is 11.0. The van der Waals surface area contributed by atoms with Gasteiger partial charge in [-0.25, -0.2) is 0 Å². The van der Waals surface area contributed by atoms with Crippen LogP contribution < -0.4 is 5.01 Å². The Bertz CT molecular complexity index is 1390. The summed E-state index contributed by atoms with van der Waals surface area (Å²) in [6.07, 6.45) is 0. The van der Waals surface area contributed by atoms with E-state index in [2.05, 4.69) is 49.4 Å². The number of para-hydroxylation sites is 2. The van der Waals surface area contributed by atoms with Crippen LogP contribution in [-0.2, 0) is 4.79 Å². The van der Waals surface area contributed by atoms with Crippen LogP contribution in [0, 0.1) is 12.3 Å². The summed E-state index contributed by atoms with van der Waals surface area (Å²) in [6.45, 7) is 4.08. The molecular formula is C28H23N3O. The van der Waals surface area contributed by atoms with Crippen molar-refractivity contribution in [2.45, 2.75) is 25.7 Å². The summed E-state index contributed by atoms with van der Waals surface area (Å²) in [4.78, 5) is 19.0. The number of hydrazone groups is 1. The van der Waals surface area contributed by atoms with E-state index in [-0.39, 0.29) is 17.7 Å². The molecule has 1 fully saturated rings. The van der Waals surface area contributed by atoms with Crippen LogP contribution in [0.2, 0.25) is 0 Å². The predicted molar refractivity (Wildman–Crippen MR) is 128 cm³/mol. The predicted octanol–water partition coefficient (Wildman–Crippen LogP) is 5.83. The molecule has 1 aromatic heterocycles. The number of aryl methyl sites for hydroxylation is 1. The van der Waals surface area contributed by atoms with E-state index in [1.165, 1.54) is 11.1 Å². The summed E-state index contributed by atoms with van der Waals surface area (Å²) in [6, 6.07) is 30.5.